The van der Waals surface area contributed by atoms with Crippen LogP contribution in [0.3, 0.4) is 0 Å². The summed E-state index contributed by atoms with van der Waals surface area (Å²) < 4.78 is 25.1. The lowest BCUT2D eigenvalue weighted by atomic mass is 10.1. The van der Waals surface area contributed by atoms with Gasteiger partial charge in [-0.3, -0.25) is 4.79 Å². The second kappa shape index (κ2) is 8.99. The molecular formula is C18H21ClN2O3S. The molecule has 0 radical (unpaired) electrons. The van der Waals surface area contributed by atoms with E-state index in [0.29, 0.717) is 23.7 Å². The zero-order chi connectivity index (χ0) is 18.3. The van der Waals surface area contributed by atoms with Crippen molar-refractivity contribution >= 4 is 33.2 Å². The maximum atomic E-state index is 12.1. The third kappa shape index (κ3) is 6.86. The molecule has 0 saturated heterocycles. The molecule has 0 bridgehead atoms. The van der Waals surface area contributed by atoms with Crippen LogP contribution in [0.2, 0.25) is 5.02 Å². The smallest absolute Gasteiger partial charge is 0.239 e. The van der Waals surface area contributed by atoms with E-state index in [4.69, 9.17) is 11.6 Å². The highest BCUT2D eigenvalue weighted by molar-refractivity contribution is 7.88. The molecule has 0 aliphatic heterocycles. The molecule has 0 aliphatic carbocycles. The van der Waals surface area contributed by atoms with E-state index in [9.17, 15) is 13.2 Å². The Labute approximate surface area is 153 Å². The van der Waals surface area contributed by atoms with Crippen molar-refractivity contribution in [2.75, 3.05) is 24.7 Å². The van der Waals surface area contributed by atoms with E-state index in [-0.39, 0.29) is 12.5 Å². The minimum absolute atomic E-state index is 0.212. The van der Waals surface area contributed by atoms with Gasteiger partial charge in [-0.25, -0.2) is 8.42 Å². The van der Waals surface area contributed by atoms with E-state index >= 15 is 0 Å². The highest BCUT2D eigenvalue weighted by Gasteiger charge is 2.19. The Morgan fingerprint density at radius 1 is 1.08 bits per heavy atom. The van der Waals surface area contributed by atoms with E-state index in [2.05, 4.69) is 5.32 Å². The van der Waals surface area contributed by atoms with E-state index in [1.807, 2.05) is 30.3 Å². The van der Waals surface area contributed by atoms with Crippen molar-refractivity contribution < 1.29 is 13.2 Å². The Morgan fingerprint density at radius 2 is 1.72 bits per heavy atom. The lowest BCUT2D eigenvalue weighted by Gasteiger charge is -2.19. The molecular weight excluding hydrogens is 360 g/mol. The van der Waals surface area contributed by atoms with Crippen molar-refractivity contribution in [2.45, 2.75) is 12.8 Å². The number of nitrogens with one attached hydrogen (secondary N) is 1. The SMILES string of the molecule is CS(=O)(=O)N(CCCc1ccccc1)CC(=O)Nc1ccc(Cl)cc1. The van der Waals surface area contributed by atoms with Gasteiger partial charge in [0.2, 0.25) is 15.9 Å². The molecule has 0 aromatic heterocycles. The Balaban J connectivity index is 1.91. The number of benzene rings is 2. The van der Waals surface area contributed by atoms with E-state index in [0.717, 1.165) is 18.2 Å². The lowest BCUT2D eigenvalue weighted by Crippen LogP contribution is -2.38. The van der Waals surface area contributed by atoms with Crippen molar-refractivity contribution in [3.63, 3.8) is 0 Å². The van der Waals surface area contributed by atoms with Gasteiger partial charge in [0.1, 0.15) is 0 Å². The number of amides is 1. The van der Waals surface area contributed by atoms with Crippen LogP contribution in [0, 0.1) is 0 Å². The van der Waals surface area contributed by atoms with Crippen molar-refractivity contribution in [3.05, 3.63) is 65.2 Å². The van der Waals surface area contributed by atoms with Gasteiger partial charge >= 0.3 is 0 Å². The Morgan fingerprint density at radius 3 is 2.32 bits per heavy atom. The molecule has 134 valence electrons. The first-order chi connectivity index (χ1) is 11.8. The maximum Gasteiger partial charge on any atom is 0.239 e. The highest BCUT2D eigenvalue weighted by atomic mass is 35.5. The largest absolute Gasteiger partial charge is 0.325 e. The second-order valence-electron chi connectivity index (χ2n) is 5.74. The lowest BCUT2D eigenvalue weighted by molar-refractivity contribution is -0.116. The first-order valence-electron chi connectivity index (χ1n) is 7.89. The number of carbonyl (C=O) groups is 1. The number of aryl methyl sites for hydroxylation is 1. The molecule has 2 aromatic carbocycles. The standard InChI is InChI=1S/C18H21ClN2O3S/c1-25(23,24)21(13-5-8-15-6-3-2-4-7-15)14-18(22)20-17-11-9-16(19)10-12-17/h2-4,6-7,9-12H,5,8,13-14H2,1H3,(H,20,22). The van der Waals surface area contributed by atoms with Crippen LogP contribution in [-0.2, 0) is 21.2 Å². The summed E-state index contributed by atoms with van der Waals surface area (Å²) in [6.45, 7) is 0.0814. The van der Waals surface area contributed by atoms with Gasteiger partial charge in [-0.15, -0.1) is 0 Å². The zero-order valence-electron chi connectivity index (χ0n) is 14.0. The predicted octanol–water partition coefficient (Wildman–Crippen LogP) is 3.17. The molecule has 7 heteroatoms. The van der Waals surface area contributed by atoms with E-state index in [1.165, 1.54) is 4.31 Å². The normalized spacial score (nSPS) is 11.5. The van der Waals surface area contributed by atoms with Crippen LogP contribution >= 0.6 is 11.6 Å². The summed E-state index contributed by atoms with van der Waals surface area (Å²) in [6.07, 6.45) is 2.52. The molecule has 25 heavy (non-hydrogen) atoms. The molecule has 0 saturated carbocycles. The number of sulfonamides is 1. The minimum atomic E-state index is -3.46. The molecule has 1 N–H and O–H groups in total. The molecule has 2 rings (SSSR count). The topological polar surface area (TPSA) is 66.5 Å². The van der Waals surface area contributed by atoms with Gasteiger partial charge in [-0.05, 0) is 42.7 Å². The number of rotatable bonds is 8. The van der Waals surface area contributed by atoms with E-state index < -0.39 is 10.0 Å². The van der Waals surface area contributed by atoms with Crippen molar-refractivity contribution in [3.8, 4) is 0 Å². The first-order valence-corrected chi connectivity index (χ1v) is 10.1. The molecule has 0 aliphatic rings. The van der Waals surface area contributed by atoms with Crippen molar-refractivity contribution in [2.24, 2.45) is 0 Å². The summed E-state index contributed by atoms with van der Waals surface area (Å²) >= 11 is 5.80. The zero-order valence-corrected chi connectivity index (χ0v) is 15.6. The Kier molecular flexibility index (Phi) is 6.99. The number of hydrogen-bond acceptors (Lipinski definition) is 3. The first kappa shape index (κ1) is 19.4. The monoisotopic (exact) mass is 380 g/mol. The fraction of sp³-hybridized carbons (Fsp3) is 0.278. The van der Waals surface area contributed by atoms with Crippen LogP contribution in [0.25, 0.3) is 0 Å². The average molecular weight is 381 g/mol. The third-order valence-corrected chi connectivity index (χ3v) is 5.13. The Hall–Kier alpha value is -1.89. The van der Waals surface area contributed by atoms with Gasteiger partial charge in [0, 0.05) is 17.3 Å². The minimum Gasteiger partial charge on any atom is -0.325 e. The molecule has 2 aromatic rings. The third-order valence-electron chi connectivity index (χ3n) is 3.63. The summed E-state index contributed by atoms with van der Waals surface area (Å²) in [5.74, 6) is -0.382. The van der Waals surface area contributed by atoms with E-state index in [1.54, 1.807) is 24.3 Å². The number of nitrogens with zero attached hydrogens (tertiary/aromatic N) is 1. The van der Waals surface area contributed by atoms with Crippen molar-refractivity contribution in [1.82, 2.24) is 4.31 Å². The summed E-state index contributed by atoms with van der Waals surface area (Å²) in [5.41, 5.74) is 1.72. The molecule has 0 heterocycles. The predicted molar refractivity (Wildman–Crippen MR) is 101 cm³/mol. The maximum absolute atomic E-state index is 12.1. The van der Waals surface area contributed by atoms with Gasteiger partial charge in [0.15, 0.2) is 0 Å². The quantitative estimate of drug-likeness (QED) is 0.764. The Bertz CT molecular complexity index is 793. The van der Waals surface area contributed by atoms with Crippen LogP contribution in [0.1, 0.15) is 12.0 Å². The van der Waals surface area contributed by atoms with Crippen molar-refractivity contribution in [1.29, 1.82) is 0 Å². The highest BCUT2D eigenvalue weighted by Crippen LogP contribution is 2.13. The van der Waals surface area contributed by atoms with Crippen LogP contribution in [0.4, 0.5) is 5.69 Å². The fourth-order valence-electron chi connectivity index (χ4n) is 2.36. The second-order valence-corrected chi connectivity index (χ2v) is 8.16. The molecule has 1 amide bonds. The van der Waals surface area contributed by atoms with Crippen LogP contribution in [-0.4, -0.2) is 38.0 Å². The summed E-state index contributed by atoms with van der Waals surface area (Å²) in [7, 11) is -3.46. The summed E-state index contributed by atoms with van der Waals surface area (Å²) in [5, 5.41) is 3.24. The number of anilines is 1. The van der Waals surface area contributed by atoms with Gasteiger partial charge in [0.25, 0.3) is 0 Å². The molecule has 0 atom stereocenters. The summed E-state index contributed by atoms with van der Waals surface area (Å²) in [4.78, 5) is 12.1. The fourth-order valence-corrected chi connectivity index (χ4v) is 3.30. The molecule has 0 unspecified atom stereocenters. The number of carbonyl (C=O) groups excluding carboxylic acids is 1. The van der Waals surface area contributed by atoms with Gasteiger partial charge in [0.05, 0.1) is 12.8 Å². The molecule has 0 spiro atoms. The van der Waals surface area contributed by atoms with Gasteiger partial charge in [-0.1, -0.05) is 41.9 Å². The van der Waals surface area contributed by atoms with Crippen LogP contribution in [0.5, 0.6) is 0 Å². The number of halogens is 1. The van der Waals surface area contributed by atoms with Crippen LogP contribution in [0.15, 0.2) is 54.6 Å². The molecule has 0 fully saturated rings. The summed E-state index contributed by atoms with van der Waals surface area (Å²) in [6, 6.07) is 16.5. The molecule has 5 nitrogen and oxygen atoms in total. The van der Waals surface area contributed by atoms with Gasteiger partial charge in [-0.2, -0.15) is 4.31 Å². The van der Waals surface area contributed by atoms with Crippen LogP contribution < -0.4 is 5.32 Å². The number of hydrogen-bond donors (Lipinski definition) is 1. The van der Waals surface area contributed by atoms with Gasteiger partial charge < -0.3 is 5.32 Å². The average Bonchev–Trinajstić information content (AvgIpc) is 2.56.